The average Bonchev–Trinajstić information content (AvgIpc) is 2.61. The van der Waals surface area contributed by atoms with Crippen molar-refractivity contribution in [1.82, 2.24) is 16.0 Å². The number of amides is 2. The first kappa shape index (κ1) is 18.5. The molecule has 1 heterocycles. The van der Waals surface area contributed by atoms with Crippen molar-refractivity contribution in [2.75, 3.05) is 6.54 Å². The zero-order valence-corrected chi connectivity index (χ0v) is 14.8. The Balaban J connectivity index is 2.04. The average molecular weight is 331 g/mol. The molecule has 4 atom stereocenters. The Labute approximate surface area is 144 Å². The molecule has 1 aromatic rings. The molecule has 1 aliphatic heterocycles. The van der Waals surface area contributed by atoms with Crippen LogP contribution in [0.25, 0.3) is 0 Å². The highest BCUT2D eigenvalue weighted by Crippen LogP contribution is 2.13. The van der Waals surface area contributed by atoms with E-state index in [1.807, 2.05) is 32.0 Å². The van der Waals surface area contributed by atoms with Crippen LogP contribution in [-0.2, 0) is 4.79 Å². The third-order valence-corrected chi connectivity index (χ3v) is 4.91. The van der Waals surface area contributed by atoms with Crippen molar-refractivity contribution in [2.45, 2.75) is 58.2 Å². The zero-order chi connectivity index (χ0) is 17.5. The second-order valence-electron chi connectivity index (χ2n) is 6.70. The third kappa shape index (κ3) is 4.81. The number of carbonyl (C=O) groups is 2. The maximum Gasteiger partial charge on any atom is 0.251 e. The molecule has 3 N–H and O–H groups in total. The van der Waals surface area contributed by atoms with E-state index in [4.69, 9.17) is 0 Å². The maximum atomic E-state index is 12.8. The molecule has 5 heteroatoms. The van der Waals surface area contributed by atoms with E-state index in [2.05, 4.69) is 22.9 Å². The molecule has 0 radical (unpaired) electrons. The number of benzene rings is 1. The molecular weight excluding hydrogens is 302 g/mol. The van der Waals surface area contributed by atoms with Gasteiger partial charge < -0.3 is 16.0 Å². The SMILES string of the molecule is CCC(C)C(NC(=O)c1ccccc1)C(=O)NC1CCCNC1C. The van der Waals surface area contributed by atoms with E-state index in [0.29, 0.717) is 5.56 Å². The Morgan fingerprint density at radius 1 is 1.29 bits per heavy atom. The first-order chi connectivity index (χ1) is 11.5. The first-order valence-electron chi connectivity index (χ1n) is 8.92. The highest BCUT2D eigenvalue weighted by Gasteiger charge is 2.30. The summed E-state index contributed by atoms with van der Waals surface area (Å²) in [6.07, 6.45) is 2.85. The van der Waals surface area contributed by atoms with Gasteiger partial charge in [0.25, 0.3) is 5.91 Å². The minimum atomic E-state index is -0.517. The predicted molar refractivity (Wildman–Crippen MR) is 95.8 cm³/mol. The second kappa shape index (κ2) is 8.83. The van der Waals surface area contributed by atoms with Gasteiger partial charge in [-0.25, -0.2) is 0 Å². The summed E-state index contributed by atoms with van der Waals surface area (Å²) in [5.74, 6) is -0.218. The molecule has 5 nitrogen and oxygen atoms in total. The zero-order valence-electron chi connectivity index (χ0n) is 14.8. The van der Waals surface area contributed by atoms with Crippen LogP contribution in [0.15, 0.2) is 30.3 Å². The fraction of sp³-hybridized carbons (Fsp3) is 0.579. The van der Waals surface area contributed by atoms with Crippen molar-refractivity contribution in [3.05, 3.63) is 35.9 Å². The number of rotatable bonds is 6. The van der Waals surface area contributed by atoms with Gasteiger partial charge in [0.05, 0.1) is 0 Å². The summed E-state index contributed by atoms with van der Waals surface area (Å²) in [7, 11) is 0. The van der Waals surface area contributed by atoms with Crippen molar-refractivity contribution >= 4 is 11.8 Å². The molecule has 1 fully saturated rings. The van der Waals surface area contributed by atoms with E-state index in [0.717, 1.165) is 25.8 Å². The standard InChI is InChI=1S/C19H29N3O2/c1-4-13(2)17(22-18(23)15-9-6-5-7-10-15)19(24)21-16-11-8-12-20-14(16)3/h5-7,9-10,13-14,16-17,20H,4,8,11-12H2,1-3H3,(H,21,24)(H,22,23). The van der Waals surface area contributed by atoms with Gasteiger partial charge in [0.15, 0.2) is 0 Å². The lowest BCUT2D eigenvalue weighted by atomic mass is 9.95. The third-order valence-electron chi connectivity index (χ3n) is 4.91. The highest BCUT2D eigenvalue weighted by molar-refractivity contribution is 5.97. The Kier molecular flexibility index (Phi) is 6.79. The van der Waals surface area contributed by atoms with E-state index in [-0.39, 0.29) is 29.8 Å². The van der Waals surface area contributed by atoms with Crippen molar-refractivity contribution in [3.63, 3.8) is 0 Å². The van der Waals surface area contributed by atoms with Crippen LogP contribution < -0.4 is 16.0 Å². The Morgan fingerprint density at radius 3 is 2.62 bits per heavy atom. The normalized spacial score (nSPS) is 23.1. The lowest BCUT2D eigenvalue weighted by Crippen LogP contribution is -2.57. The van der Waals surface area contributed by atoms with Crippen LogP contribution in [0.2, 0.25) is 0 Å². The quantitative estimate of drug-likeness (QED) is 0.747. The lowest BCUT2D eigenvalue weighted by Gasteiger charge is -2.33. The number of nitrogens with one attached hydrogen (secondary N) is 3. The molecule has 0 spiro atoms. The topological polar surface area (TPSA) is 70.2 Å². The number of hydrogen-bond acceptors (Lipinski definition) is 3. The molecule has 0 aliphatic carbocycles. The van der Waals surface area contributed by atoms with Crippen LogP contribution in [-0.4, -0.2) is 36.5 Å². The van der Waals surface area contributed by atoms with Gasteiger partial charge in [0, 0.05) is 17.6 Å². The van der Waals surface area contributed by atoms with Gasteiger partial charge in [0.1, 0.15) is 6.04 Å². The van der Waals surface area contributed by atoms with Crippen molar-refractivity contribution in [2.24, 2.45) is 5.92 Å². The van der Waals surface area contributed by atoms with Gasteiger partial charge in [-0.05, 0) is 44.4 Å². The monoisotopic (exact) mass is 331 g/mol. The van der Waals surface area contributed by atoms with Gasteiger partial charge in [0.2, 0.25) is 5.91 Å². The molecule has 2 amide bonds. The molecule has 4 unspecified atom stereocenters. The van der Waals surface area contributed by atoms with Gasteiger partial charge in [-0.15, -0.1) is 0 Å². The lowest BCUT2D eigenvalue weighted by molar-refractivity contribution is -0.125. The Hall–Kier alpha value is -1.88. The van der Waals surface area contributed by atoms with Crippen LogP contribution in [0.5, 0.6) is 0 Å². The van der Waals surface area contributed by atoms with Crippen molar-refractivity contribution in [1.29, 1.82) is 0 Å². The van der Waals surface area contributed by atoms with Crippen LogP contribution in [0.3, 0.4) is 0 Å². The van der Waals surface area contributed by atoms with E-state index < -0.39 is 6.04 Å². The summed E-state index contributed by atoms with van der Waals surface area (Å²) in [6.45, 7) is 7.11. The molecule has 2 rings (SSSR count). The number of piperidine rings is 1. The maximum absolute atomic E-state index is 12.8. The molecular formula is C19H29N3O2. The van der Waals surface area contributed by atoms with Crippen molar-refractivity contribution < 1.29 is 9.59 Å². The molecule has 0 aromatic heterocycles. The van der Waals surface area contributed by atoms with Gasteiger partial charge in [-0.3, -0.25) is 9.59 Å². The Morgan fingerprint density at radius 2 is 2.00 bits per heavy atom. The summed E-state index contributed by atoms with van der Waals surface area (Å²) in [4.78, 5) is 25.2. The molecule has 0 bridgehead atoms. The first-order valence-corrected chi connectivity index (χ1v) is 8.92. The van der Waals surface area contributed by atoms with E-state index in [1.54, 1.807) is 12.1 Å². The van der Waals surface area contributed by atoms with Gasteiger partial charge >= 0.3 is 0 Å². The van der Waals surface area contributed by atoms with Crippen LogP contribution in [0, 0.1) is 5.92 Å². The van der Waals surface area contributed by atoms with E-state index >= 15 is 0 Å². The second-order valence-corrected chi connectivity index (χ2v) is 6.70. The summed E-state index contributed by atoms with van der Waals surface area (Å²) < 4.78 is 0. The van der Waals surface area contributed by atoms with Crippen LogP contribution in [0.1, 0.15) is 50.4 Å². The number of hydrogen-bond donors (Lipinski definition) is 3. The van der Waals surface area contributed by atoms with Crippen LogP contribution in [0.4, 0.5) is 0 Å². The van der Waals surface area contributed by atoms with E-state index in [1.165, 1.54) is 0 Å². The minimum absolute atomic E-state index is 0.0736. The Bertz CT molecular complexity index is 547. The summed E-state index contributed by atoms with van der Waals surface area (Å²) in [6, 6.07) is 8.88. The smallest absolute Gasteiger partial charge is 0.251 e. The predicted octanol–water partition coefficient (Wildman–Crippen LogP) is 2.09. The molecule has 24 heavy (non-hydrogen) atoms. The fourth-order valence-corrected chi connectivity index (χ4v) is 3.03. The van der Waals surface area contributed by atoms with Crippen LogP contribution >= 0.6 is 0 Å². The molecule has 0 saturated carbocycles. The van der Waals surface area contributed by atoms with E-state index in [9.17, 15) is 9.59 Å². The number of carbonyl (C=O) groups excluding carboxylic acids is 2. The summed E-state index contributed by atoms with van der Waals surface area (Å²) in [5.41, 5.74) is 0.575. The van der Waals surface area contributed by atoms with Crippen molar-refractivity contribution in [3.8, 4) is 0 Å². The molecule has 132 valence electrons. The van der Waals surface area contributed by atoms with Gasteiger partial charge in [-0.1, -0.05) is 38.5 Å². The van der Waals surface area contributed by atoms with Gasteiger partial charge in [-0.2, -0.15) is 0 Å². The fourth-order valence-electron chi connectivity index (χ4n) is 3.03. The molecule has 1 aromatic carbocycles. The molecule has 1 saturated heterocycles. The largest absolute Gasteiger partial charge is 0.350 e. The summed E-state index contributed by atoms with van der Waals surface area (Å²) >= 11 is 0. The highest BCUT2D eigenvalue weighted by atomic mass is 16.2. The summed E-state index contributed by atoms with van der Waals surface area (Å²) in [5, 5.41) is 9.43. The minimum Gasteiger partial charge on any atom is -0.350 e. The molecule has 1 aliphatic rings.